The van der Waals surface area contributed by atoms with Crippen LogP contribution in [0.2, 0.25) is 5.02 Å². The summed E-state index contributed by atoms with van der Waals surface area (Å²) in [7, 11) is -3.90. The molecule has 0 radical (unpaired) electrons. The van der Waals surface area contributed by atoms with Crippen LogP contribution in [0, 0.1) is 6.92 Å². The van der Waals surface area contributed by atoms with E-state index in [4.69, 9.17) is 16.3 Å². The predicted molar refractivity (Wildman–Crippen MR) is 144 cm³/mol. The average molecular weight is 547 g/mol. The van der Waals surface area contributed by atoms with E-state index in [1.54, 1.807) is 23.5 Å². The van der Waals surface area contributed by atoms with Gasteiger partial charge < -0.3 is 9.64 Å². The minimum absolute atomic E-state index is 0.116. The number of aryl methyl sites for hydroxylation is 1. The van der Waals surface area contributed by atoms with E-state index in [2.05, 4.69) is 23.6 Å². The van der Waals surface area contributed by atoms with E-state index in [1.165, 1.54) is 21.3 Å². The number of carbonyl (C=O) groups excluding carboxylic acids is 1. The lowest BCUT2D eigenvalue weighted by molar-refractivity contribution is -0.133. The second-order valence-corrected chi connectivity index (χ2v) is 12.2. The van der Waals surface area contributed by atoms with Crippen molar-refractivity contribution in [1.29, 1.82) is 0 Å². The number of ether oxygens (including phenoxy) is 1. The van der Waals surface area contributed by atoms with Crippen molar-refractivity contribution in [2.75, 3.05) is 32.8 Å². The van der Waals surface area contributed by atoms with Crippen molar-refractivity contribution in [3.8, 4) is 0 Å². The molecule has 6 nitrogen and oxygen atoms in total. The highest BCUT2D eigenvalue weighted by atomic mass is 35.5. The highest BCUT2D eigenvalue weighted by Gasteiger charge is 2.35. The molecule has 1 aliphatic rings. The highest BCUT2D eigenvalue weighted by molar-refractivity contribution is 7.89. The van der Waals surface area contributed by atoms with Gasteiger partial charge in [-0.3, -0.25) is 4.79 Å². The molecule has 0 aliphatic carbocycles. The van der Waals surface area contributed by atoms with Crippen LogP contribution in [0.1, 0.15) is 41.0 Å². The maximum Gasteiger partial charge on any atom is 0.243 e. The first-order valence-electron chi connectivity index (χ1n) is 12.1. The molecular formula is C27H31ClN2O4S2. The van der Waals surface area contributed by atoms with E-state index < -0.39 is 10.0 Å². The zero-order chi connectivity index (χ0) is 25.7. The highest BCUT2D eigenvalue weighted by Crippen LogP contribution is 2.38. The lowest BCUT2D eigenvalue weighted by atomic mass is 9.92. The third-order valence-electron chi connectivity index (χ3n) is 6.34. The molecular weight excluding hydrogens is 516 g/mol. The van der Waals surface area contributed by atoms with E-state index >= 15 is 0 Å². The molecule has 1 atom stereocenters. The molecule has 2 heterocycles. The van der Waals surface area contributed by atoms with Crippen LogP contribution in [0.15, 0.2) is 64.9 Å². The van der Waals surface area contributed by atoms with Gasteiger partial charge in [0.25, 0.3) is 0 Å². The van der Waals surface area contributed by atoms with E-state index in [0.29, 0.717) is 31.2 Å². The summed E-state index contributed by atoms with van der Waals surface area (Å²) in [5, 5.41) is 2.51. The molecule has 192 valence electrons. The van der Waals surface area contributed by atoms with Gasteiger partial charge in [0.05, 0.1) is 17.5 Å². The Morgan fingerprint density at radius 3 is 2.56 bits per heavy atom. The summed E-state index contributed by atoms with van der Waals surface area (Å²) >= 11 is 7.68. The topological polar surface area (TPSA) is 66.9 Å². The van der Waals surface area contributed by atoms with E-state index in [0.717, 1.165) is 23.1 Å². The summed E-state index contributed by atoms with van der Waals surface area (Å²) in [4.78, 5) is 17.0. The van der Waals surface area contributed by atoms with Crippen LogP contribution in [0.5, 0.6) is 0 Å². The molecule has 0 unspecified atom stereocenters. The van der Waals surface area contributed by atoms with Crippen LogP contribution >= 0.6 is 22.9 Å². The Kier molecular flexibility index (Phi) is 8.85. The SMILES string of the molecule is CCOCCCN(CC(=O)N1CCc2sccc2[C@@H]1c1ccc(C)cc1)S(=O)(=O)c1ccc(Cl)cc1. The molecule has 0 saturated heterocycles. The third kappa shape index (κ3) is 6.01. The van der Waals surface area contributed by atoms with E-state index in [1.807, 2.05) is 30.9 Å². The molecule has 9 heteroatoms. The number of hydrogen-bond donors (Lipinski definition) is 0. The largest absolute Gasteiger partial charge is 0.382 e. The van der Waals surface area contributed by atoms with Gasteiger partial charge in [0.1, 0.15) is 0 Å². The summed E-state index contributed by atoms with van der Waals surface area (Å²) in [6, 6.07) is 16.1. The Morgan fingerprint density at radius 1 is 1.14 bits per heavy atom. The Morgan fingerprint density at radius 2 is 1.86 bits per heavy atom. The molecule has 1 amide bonds. The number of rotatable bonds is 10. The number of sulfonamides is 1. The van der Waals surface area contributed by atoms with Crippen LogP contribution in [-0.4, -0.2) is 56.4 Å². The normalized spacial score (nSPS) is 15.8. The van der Waals surface area contributed by atoms with Crippen LogP contribution in [0.25, 0.3) is 0 Å². The van der Waals surface area contributed by atoms with Gasteiger partial charge in [-0.2, -0.15) is 4.31 Å². The summed E-state index contributed by atoms with van der Waals surface area (Å²) in [6.07, 6.45) is 1.25. The second kappa shape index (κ2) is 11.9. The maximum atomic E-state index is 13.8. The molecule has 4 rings (SSSR count). The molecule has 3 aromatic rings. The van der Waals surface area contributed by atoms with Crippen LogP contribution in [0.4, 0.5) is 0 Å². The quantitative estimate of drug-likeness (QED) is 0.324. The van der Waals surface area contributed by atoms with Crippen molar-refractivity contribution in [1.82, 2.24) is 9.21 Å². The van der Waals surface area contributed by atoms with Gasteiger partial charge >= 0.3 is 0 Å². The fraction of sp³-hybridized carbons (Fsp3) is 0.370. The number of nitrogens with zero attached hydrogens (tertiary/aromatic N) is 2. The predicted octanol–water partition coefficient (Wildman–Crippen LogP) is 5.30. The molecule has 0 fully saturated rings. The zero-order valence-electron chi connectivity index (χ0n) is 20.5. The fourth-order valence-corrected chi connectivity index (χ4v) is 6.92. The fourth-order valence-electron chi connectivity index (χ4n) is 4.46. The average Bonchev–Trinajstić information content (AvgIpc) is 3.35. The van der Waals surface area contributed by atoms with Crippen LogP contribution in [-0.2, 0) is 26.0 Å². The molecule has 1 aromatic heterocycles. The number of hydrogen-bond acceptors (Lipinski definition) is 5. The second-order valence-electron chi connectivity index (χ2n) is 8.79. The molecule has 1 aliphatic heterocycles. The first-order chi connectivity index (χ1) is 17.3. The number of halogens is 1. The lowest BCUT2D eigenvalue weighted by Crippen LogP contribution is -2.47. The summed E-state index contributed by atoms with van der Waals surface area (Å²) < 4.78 is 33.8. The van der Waals surface area contributed by atoms with Gasteiger partial charge in [0.15, 0.2) is 0 Å². The summed E-state index contributed by atoms with van der Waals surface area (Å²) in [5.74, 6) is -0.216. The first-order valence-corrected chi connectivity index (χ1v) is 14.8. The van der Waals surface area contributed by atoms with Crippen molar-refractivity contribution in [2.45, 2.75) is 37.6 Å². The molecule has 0 spiro atoms. The van der Waals surface area contributed by atoms with Gasteiger partial charge in [-0.1, -0.05) is 41.4 Å². The lowest BCUT2D eigenvalue weighted by Gasteiger charge is -2.37. The van der Waals surface area contributed by atoms with E-state index in [-0.39, 0.29) is 29.9 Å². The van der Waals surface area contributed by atoms with Crippen molar-refractivity contribution in [2.24, 2.45) is 0 Å². The minimum Gasteiger partial charge on any atom is -0.382 e. The molecule has 0 saturated carbocycles. The Balaban J connectivity index is 1.62. The monoisotopic (exact) mass is 546 g/mol. The molecule has 0 N–H and O–H groups in total. The van der Waals surface area contributed by atoms with Gasteiger partial charge in [0, 0.05) is 36.2 Å². The van der Waals surface area contributed by atoms with Gasteiger partial charge in [-0.25, -0.2) is 8.42 Å². The Bertz CT molecular complexity index is 1270. The van der Waals surface area contributed by atoms with E-state index in [9.17, 15) is 13.2 Å². The Hall–Kier alpha value is -2.23. The summed E-state index contributed by atoms with van der Waals surface area (Å²) in [5.41, 5.74) is 3.29. The zero-order valence-corrected chi connectivity index (χ0v) is 22.9. The number of thiophene rings is 1. The van der Waals surface area contributed by atoms with Crippen molar-refractivity contribution >= 4 is 38.9 Å². The maximum absolute atomic E-state index is 13.8. The molecule has 2 aromatic carbocycles. The molecule has 0 bridgehead atoms. The minimum atomic E-state index is -3.90. The van der Waals surface area contributed by atoms with Crippen LogP contribution < -0.4 is 0 Å². The number of fused-ring (bicyclic) bond motifs is 1. The standard InChI is InChI=1S/C27H31ClN2O4S2/c1-3-34-17-4-15-29(36(32,33)23-11-9-22(28)10-12-23)19-26(31)30-16-13-25-24(14-18-35-25)27(30)21-7-5-20(2)6-8-21/h5-12,14,18,27H,3-4,13,15-17,19H2,1-2H3/t27-/m0/s1. The first kappa shape index (κ1) is 26.8. The van der Waals surface area contributed by atoms with Gasteiger partial charge in [-0.15, -0.1) is 11.3 Å². The number of benzene rings is 2. The van der Waals surface area contributed by atoms with Crippen molar-refractivity contribution in [3.63, 3.8) is 0 Å². The summed E-state index contributed by atoms with van der Waals surface area (Å²) in [6.45, 7) is 5.39. The molecule has 36 heavy (non-hydrogen) atoms. The Labute approximate surface area is 222 Å². The van der Waals surface area contributed by atoms with Crippen molar-refractivity contribution < 1.29 is 17.9 Å². The number of amides is 1. The third-order valence-corrected chi connectivity index (χ3v) is 9.45. The van der Waals surface area contributed by atoms with Crippen molar-refractivity contribution in [3.05, 3.63) is 86.6 Å². The van der Waals surface area contributed by atoms with Crippen LogP contribution in [0.3, 0.4) is 0 Å². The number of carbonyl (C=O) groups is 1. The van der Waals surface area contributed by atoms with Gasteiger partial charge in [0.2, 0.25) is 15.9 Å². The smallest absolute Gasteiger partial charge is 0.243 e. The van der Waals surface area contributed by atoms with Gasteiger partial charge in [-0.05, 0) is 73.5 Å².